The van der Waals surface area contributed by atoms with Crippen LogP contribution in [0.2, 0.25) is 0 Å². The zero-order chi connectivity index (χ0) is 12.6. The Bertz CT molecular complexity index is 212. The number of hydrogen-bond donors (Lipinski definition) is 4. The lowest BCUT2D eigenvalue weighted by Gasteiger charge is -2.14. The molecule has 16 heavy (non-hydrogen) atoms. The van der Waals surface area contributed by atoms with Crippen molar-refractivity contribution in [1.29, 1.82) is 0 Å². The predicted molar refractivity (Wildman–Crippen MR) is 70.5 cm³/mol. The van der Waals surface area contributed by atoms with Crippen molar-refractivity contribution in [3.63, 3.8) is 0 Å². The van der Waals surface area contributed by atoms with Crippen LogP contribution in [-0.4, -0.2) is 41.0 Å². The van der Waals surface area contributed by atoms with E-state index >= 15 is 0 Å². The molecule has 0 fully saturated rings. The van der Waals surface area contributed by atoms with Crippen molar-refractivity contribution in [3.8, 4) is 0 Å². The molecular formula is C10H19NO3S2. The number of thiol groups is 2. The van der Waals surface area contributed by atoms with Crippen LogP contribution in [0.1, 0.15) is 19.8 Å². The number of ketones is 1. The molecule has 0 aliphatic heterocycles. The van der Waals surface area contributed by atoms with Gasteiger partial charge in [0.2, 0.25) is 0 Å². The second-order valence-corrected chi connectivity index (χ2v) is 4.39. The number of carbonyl (C=O) groups is 2. The molecule has 0 radical (unpaired) electrons. The number of rotatable bonds is 9. The monoisotopic (exact) mass is 265 g/mol. The van der Waals surface area contributed by atoms with Crippen molar-refractivity contribution >= 4 is 37.0 Å². The molecule has 0 aliphatic rings. The molecular weight excluding hydrogens is 246 g/mol. The van der Waals surface area contributed by atoms with Gasteiger partial charge >= 0.3 is 5.97 Å². The van der Waals surface area contributed by atoms with E-state index in [0.717, 1.165) is 6.42 Å². The van der Waals surface area contributed by atoms with Crippen LogP contribution in [0.5, 0.6) is 0 Å². The first kappa shape index (κ1) is 15.8. The van der Waals surface area contributed by atoms with Gasteiger partial charge in [-0.3, -0.25) is 9.59 Å². The highest BCUT2D eigenvalue weighted by molar-refractivity contribution is 7.80. The van der Waals surface area contributed by atoms with Gasteiger partial charge in [-0.05, 0) is 26.3 Å². The molecule has 0 rings (SSSR count). The molecule has 4 nitrogen and oxygen atoms in total. The zero-order valence-corrected chi connectivity index (χ0v) is 11.1. The number of carbonyl (C=O) groups excluding carboxylic acids is 1. The summed E-state index contributed by atoms with van der Waals surface area (Å²) < 4.78 is 0. The van der Waals surface area contributed by atoms with Gasteiger partial charge in [-0.15, -0.1) is 0 Å². The van der Waals surface area contributed by atoms with E-state index in [9.17, 15) is 9.59 Å². The second-order valence-electron chi connectivity index (χ2n) is 3.66. The summed E-state index contributed by atoms with van der Waals surface area (Å²) >= 11 is 8.04. The van der Waals surface area contributed by atoms with Gasteiger partial charge in [0.15, 0.2) is 0 Å². The second kappa shape index (κ2) is 8.90. The van der Waals surface area contributed by atoms with Gasteiger partial charge in [0.25, 0.3) is 0 Å². The van der Waals surface area contributed by atoms with Gasteiger partial charge in [0, 0.05) is 11.5 Å². The van der Waals surface area contributed by atoms with Crippen LogP contribution in [0.4, 0.5) is 0 Å². The average molecular weight is 265 g/mol. The number of carboxylic acids is 1. The first-order chi connectivity index (χ1) is 7.52. The number of aliphatic carboxylic acids is 1. The minimum atomic E-state index is -0.813. The molecule has 0 unspecified atom stereocenters. The lowest BCUT2D eigenvalue weighted by molar-refractivity contribution is -0.141. The van der Waals surface area contributed by atoms with E-state index in [1.54, 1.807) is 0 Å². The largest absolute Gasteiger partial charge is 0.481 e. The van der Waals surface area contributed by atoms with Gasteiger partial charge in [-0.2, -0.15) is 25.3 Å². The topological polar surface area (TPSA) is 66.4 Å². The first-order valence-electron chi connectivity index (χ1n) is 5.21. The van der Waals surface area contributed by atoms with Crippen molar-refractivity contribution in [2.75, 3.05) is 18.1 Å². The van der Waals surface area contributed by atoms with E-state index in [-0.39, 0.29) is 11.8 Å². The molecule has 0 aromatic carbocycles. The Balaban J connectivity index is 3.73. The third-order valence-electron chi connectivity index (χ3n) is 2.36. The van der Waals surface area contributed by atoms with Gasteiger partial charge < -0.3 is 10.4 Å². The molecule has 94 valence electrons. The maximum atomic E-state index is 11.0. The predicted octanol–water partition coefficient (Wildman–Crippen LogP) is 0.874. The summed E-state index contributed by atoms with van der Waals surface area (Å²) in [6.45, 7) is 2.14. The van der Waals surface area contributed by atoms with Crippen molar-refractivity contribution in [2.24, 2.45) is 5.92 Å². The summed E-state index contributed by atoms with van der Waals surface area (Å²) in [5, 5.41) is 11.8. The fourth-order valence-corrected chi connectivity index (χ4v) is 1.98. The van der Waals surface area contributed by atoms with Crippen LogP contribution >= 0.6 is 25.3 Å². The van der Waals surface area contributed by atoms with Crippen LogP contribution in [0.25, 0.3) is 0 Å². The van der Waals surface area contributed by atoms with Crippen molar-refractivity contribution in [2.45, 2.75) is 25.8 Å². The van der Waals surface area contributed by atoms with E-state index in [1.165, 1.54) is 6.92 Å². The quantitative estimate of drug-likeness (QED) is 0.369. The highest BCUT2D eigenvalue weighted by atomic mass is 32.1. The SMILES string of the molecule is CC(=O)[C@H](CS)NCCC[C@@H](CS)C(=O)O. The molecule has 0 spiro atoms. The highest BCUT2D eigenvalue weighted by Gasteiger charge is 2.15. The minimum Gasteiger partial charge on any atom is -0.481 e. The van der Waals surface area contributed by atoms with Gasteiger partial charge in [-0.1, -0.05) is 0 Å². The maximum Gasteiger partial charge on any atom is 0.307 e. The normalized spacial score (nSPS) is 14.4. The molecule has 2 N–H and O–H groups in total. The molecule has 0 saturated heterocycles. The Hall–Kier alpha value is -0.200. The summed E-state index contributed by atoms with van der Waals surface area (Å²) in [6, 6.07) is -0.234. The molecule has 0 aliphatic carbocycles. The number of nitrogens with one attached hydrogen (secondary N) is 1. The third kappa shape index (κ3) is 6.40. The molecule has 0 saturated carbocycles. The summed E-state index contributed by atoms with van der Waals surface area (Å²) in [5.41, 5.74) is 0. The number of carboxylic acid groups (broad SMARTS) is 1. The van der Waals surface area contributed by atoms with Gasteiger partial charge in [0.05, 0.1) is 12.0 Å². The smallest absolute Gasteiger partial charge is 0.307 e. The summed E-state index contributed by atoms with van der Waals surface area (Å²) in [5.74, 6) is -0.356. The minimum absolute atomic E-state index is 0.0546. The van der Waals surface area contributed by atoms with Crippen molar-refractivity contribution in [3.05, 3.63) is 0 Å². The highest BCUT2D eigenvalue weighted by Crippen LogP contribution is 2.08. The van der Waals surface area contributed by atoms with Gasteiger partial charge in [0.1, 0.15) is 5.78 Å². The van der Waals surface area contributed by atoms with Crippen LogP contribution in [0.15, 0.2) is 0 Å². The van der Waals surface area contributed by atoms with Crippen LogP contribution in [0.3, 0.4) is 0 Å². The Morgan fingerprint density at radius 3 is 2.31 bits per heavy atom. The average Bonchev–Trinajstić information content (AvgIpc) is 2.22. The van der Waals surface area contributed by atoms with E-state index < -0.39 is 11.9 Å². The van der Waals surface area contributed by atoms with Crippen molar-refractivity contribution in [1.82, 2.24) is 5.32 Å². The van der Waals surface area contributed by atoms with Crippen LogP contribution in [-0.2, 0) is 9.59 Å². The molecule has 2 atom stereocenters. The summed E-state index contributed by atoms with van der Waals surface area (Å²) in [6.07, 6.45) is 1.29. The summed E-state index contributed by atoms with van der Waals surface area (Å²) in [7, 11) is 0. The molecule has 0 aromatic rings. The standard InChI is InChI=1S/C10H19NO3S2/c1-7(12)9(6-16)11-4-2-3-8(5-15)10(13)14/h8-9,11,15-16H,2-6H2,1H3,(H,13,14)/t8-,9-/m0/s1. The fourth-order valence-electron chi connectivity index (χ4n) is 1.25. The molecule has 0 aromatic heterocycles. The Morgan fingerprint density at radius 1 is 1.31 bits per heavy atom. The Labute approximate surface area is 107 Å². The van der Waals surface area contributed by atoms with E-state index in [0.29, 0.717) is 24.5 Å². The van der Waals surface area contributed by atoms with Crippen molar-refractivity contribution < 1.29 is 14.7 Å². The third-order valence-corrected chi connectivity index (χ3v) is 3.17. The maximum absolute atomic E-state index is 11.0. The molecule has 6 heteroatoms. The van der Waals surface area contributed by atoms with E-state index in [2.05, 4.69) is 30.6 Å². The first-order valence-corrected chi connectivity index (χ1v) is 6.47. The lowest BCUT2D eigenvalue weighted by Crippen LogP contribution is -2.37. The lowest BCUT2D eigenvalue weighted by atomic mass is 10.1. The number of Topliss-reactive ketones (excluding diaryl/α,β-unsaturated/α-hetero) is 1. The molecule has 0 bridgehead atoms. The molecule has 0 amide bonds. The Kier molecular flexibility index (Phi) is 8.78. The molecule has 0 heterocycles. The van der Waals surface area contributed by atoms with Gasteiger partial charge in [-0.25, -0.2) is 0 Å². The van der Waals surface area contributed by atoms with Crippen LogP contribution < -0.4 is 5.32 Å². The Morgan fingerprint density at radius 2 is 1.94 bits per heavy atom. The summed E-state index contributed by atoms with van der Waals surface area (Å²) in [4.78, 5) is 21.7. The fraction of sp³-hybridized carbons (Fsp3) is 0.800. The van der Waals surface area contributed by atoms with E-state index in [1.807, 2.05) is 0 Å². The van der Waals surface area contributed by atoms with Crippen LogP contribution in [0, 0.1) is 5.92 Å². The number of hydrogen-bond acceptors (Lipinski definition) is 5. The van der Waals surface area contributed by atoms with E-state index in [4.69, 9.17) is 5.11 Å². The zero-order valence-electron chi connectivity index (χ0n) is 9.35.